The van der Waals surface area contributed by atoms with Gasteiger partial charge in [0, 0.05) is 0 Å². The first-order valence-electron chi connectivity index (χ1n) is 7.67. The second-order valence-corrected chi connectivity index (χ2v) is 6.54. The molecule has 0 fully saturated rings. The van der Waals surface area contributed by atoms with Crippen LogP contribution in [0, 0.1) is 0 Å². The molecule has 0 atom stereocenters. The van der Waals surface area contributed by atoms with Gasteiger partial charge < -0.3 is 9.47 Å². The number of aryl methyl sites for hydroxylation is 1. The Balaban J connectivity index is 2.25. The smallest absolute Gasteiger partial charge is 0.412 e. The molecule has 0 radical (unpaired) electrons. The third kappa shape index (κ3) is 4.58. The SMILES string of the molecule is COC(=O)C(NC(=O)OC(C)(C)C)=C1CCc2ccccc2C1. The van der Waals surface area contributed by atoms with Crippen molar-refractivity contribution in [2.24, 2.45) is 0 Å². The Labute approximate surface area is 136 Å². The van der Waals surface area contributed by atoms with Gasteiger partial charge in [-0.05, 0) is 56.7 Å². The van der Waals surface area contributed by atoms with Gasteiger partial charge in [-0.1, -0.05) is 24.3 Å². The van der Waals surface area contributed by atoms with Crippen LogP contribution in [-0.2, 0) is 27.1 Å². The number of esters is 1. The highest BCUT2D eigenvalue weighted by Gasteiger charge is 2.25. The number of hydrogen-bond donors (Lipinski definition) is 1. The molecule has 23 heavy (non-hydrogen) atoms. The number of alkyl carbamates (subject to hydrolysis) is 1. The summed E-state index contributed by atoms with van der Waals surface area (Å²) in [6.45, 7) is 5.32. The molecule has 0 bridgehead atoms. The first kappa shape index (κ1) is 17.1. The van der Waals surface area contributed by atoms with Gasteiger partial charge >= 0.3 is 12.1 Å². The predicted molar refractivity (Wildman–Crippen MR) is 86.9 cm³/mol. The molecule has 1 amide bonds. The number of ether oxygens (including phenoxy) is 2. The van der Waals surface area contributed by atoms with Crippen LogP contribution in [0.2, 0.25) is 0 Å². The summed E-state index contributed by atoms with van der Waals surface area (Å²) in [5, 5.41) is 2.57. The minimum Gasteiger partial charge on any atom is -0.464 e. The third-order valence-corrected chi connectivity index (χ3v) is 3.59. The van der Waals surface area contributed by atoms with E-state index in [0.717, 1.165) is 12.0 Å². The quantitative estimate of drug-likeness (QED) is 0.672. The van der Waals surface area contributed by atoms with Gasteiger partial charge in [0.25, 0.3) is 0 Å². The van der Waals surface area contributed by atoms with Crippen LogP contribution >= 0.6 is 0 Å². The number of hydrogen-bond acceptors (Lipinski definition) is 4. The lowest BCUT2D eigenvalue weighted by molar-refractivity contribution is -0.136. The predicted octanol–water partition coefficient (Wildman–Crippen LogP) is 3.13. The maximum atomic E-state index is 12.1. The number of fused-ring (bicyclic) bond motifs is 1. The van der Waals surface area contributed by atoms with Gasteiger partial charge in [0.2, 0.25) is 0 Å². The number of nitrogens with one attached hydrogen (secondary N) is 1. The van der Waals surface area contributed by atoms with Crippen LogP contribution in [0.1, 0.15) is 38.3 Å². The molecule has 1 aromatic carbocycles. The van der Waals surface area contributed by atoms with E-state index in [-0.39, 0.29) is 5.70 Å². The van der Waals surface area contributed by atoms with Crippen LogP contribution in [0.3, 0.4) is 0 Å². The normalized spacial score (nSPS) is 16.2. The first-order chi connectivity index (χ1) is 10.8. The van der Waals surface area contributed by atoms with Gasteiger partial charge in [0.05, 0.1) is 7.11 Å². The number of carbonyl (C=O) groups excluding carboxylic acids is 2. The maximum absolute atomic E-state index is 12.1. The number of allylic oxidation sites excluding steroid dienone is 1. The van der Waals surface area contributed by atoms with Crippen molar-refractivity contribution in [2.75, 3.05) is 7.11 Å². The number of methoxy groups -OCH3 is 1. The number of rotatable bonds is 2. The summed E-state index contributed by atoms with van der Waals surface area (Å²) >= 11 is 0. The summed E-state index contributed by atoms with van der Waals surface area (Å²) in [6, 6.07) is 8.11. The number of amides is 1. The fourth-order valence-corrected chi connectivity index (χ4v) is 2.58. The molecule has 0 aromatic heterocycles. The zero-order chi connectivity index (χ0) is 17.0. The maximum Gasteiger partial charge on any atom is 0.412 e. The fraction of sp³-hybridized carbons (Fsp3) is 0.444. The molecule has 0 spiro atoms. The van der Waals surface area contributed by atoms with Crippen molar-refractivity contribution in [2.45, 2.75) is 45.6 Å². The highest BCUT2D eigenvalue weighted by atomic mass is 16.6. The lowest BCUT2D eigenvalue weighted by Crippen LogP contribution is -2.35. The zero-order valence-corrected chi connectivity index (χ0v) is 14.1. The van der Waals surface area contributed by atoms with Crippen LogP contribution in [-0.4, -0.2) is 24.8 Å². The van der Waals surface area contributed by atoms with E-state index in [1.165, 1.54) is 18.2 Å². The molecule has 0 heterocycles. The minimum absolute atomic E-state index is 0.191. The Kier molecular flexibility index (Phi) is 5.08. The van der Waals surface area contributed by atoms with Crippen molar-refractivity contribution < 1.29 is 19.1 Å². The molecule has 2 rings (SSSR count). The van der Waals surface area contributed by atoms with E-state index in [2.05, 4.69) is 11.4 Å². The van der Waals surface area contributed by atoms with Gasteiger partial charge in [-0.25, -0.2) is 9.59 Å². The summed E-state index contributed by atoms with van der Waals surface area (Å²) in [5.41, 5.74) is 2.87. The molecule has 124 valence electrons. The first-order valence-corrected chi connectivity index (χ1v) is 7.67. The van der Waals surface area contributed by atoms with Gasteiger partial charge in [0.15, 0.2) is 0 Å². The van der Waals surface area contributed by atoms with E-state index in [1.807, 2.05) is 18.2 Å². The van der Waals surface area contributed by atoms with Gasteiger partial charge in [-0.3, -0.25) is 5.32 Å². The van der Waals surface area contributed by atoms with Crippen molar-refractivity contribution in [3.05, 3.63) is 46.7 Å². The lowest BCUT2D eigenvalue weighted by Gasteiger charge is -2.23. The standard InChI is InChI=1S/C18H23NO4/c1-18(2,3)23-17(21)19-15(16(20)22-4)14-10-9-12-7-5-6-8-13(12)11-14/h5-8H,9-11H2,1-4H3,(H,19,21). The summed E-state index contributed by atoms with van der Waals surface area (Å²) in [4.78, 5) is 24.1. The van der Waals surface area contributed by atoms with Crippen LogP contribution in [0.5, 0.6) is 0 Å². The highest BCUT2D eigenvalue weighted by molar-refractivity contribution is 5.93. The van der Waals surface area contributed by atoms with E-state index >= 15 is 0 Å². The van der Waals surface area contributed by atoms with Crippen molar-refractivity contribution in [3.63, 3.8) is 0 Å². The fourth-order valence-electron chi connectivity index (χ4n) is 2.58. The summed E-state index contributed by atoms with van der Waals surface area (Å²) in [7, 11) is 1.30. The number of benzene rings is 1. The Morgan fingerprint density at radius 2 is 1.74 bits per heavy atom. The molecule has 1 aromatic rings. The molecule has 1 aliphatic carbocycles. The van der Waals surface area contributed by atoms with Crippen molar-refractivity contribution in [3.8, 4) is 0 Å². The molecule has 5 heteroatoms. The van der Waals surface area contributed by atoms with E-state index in [1.54, 1.807) is 20.8 Å². The summed E-state index contributed by atoms with van der Waals surface area (Å²) < 4.78 is 10.0. The van der Waals surface area contributed by atoms with Crippen molar-refractivity contribution in [1.82, 2.24) is 5.32 Å². The van der Waals surface area contributed by atoms with Crippen LogP contribution in [0.4, 0.5) is 4.79 Å². The van der Waals surface area contributed by atoms with E-state index in [9.17, 15) is 9.59 Å². The van der Waals surface area contributed by atoms with Crippen LogP contribution < -0.4 is 5.32 Å². The zero-order valence-electron chi connectivity index (χ0n) is 14.1. The summed E-state index contributed by atoms with van der Waals surface area (Å²) in [5.74, 6) is -0.551. The largest absolute Gasteiger partial charge is 0.464 e. The molecule has 1 N–H and O–H groups in total. The van der Waals surface area contributed by atoms with Gasteiger partial charge in [0.1, 0.15) is 11.3 Å². The van der Waals surface area contributed by atoms with Crippen molar-refractivity contribution >= 4 is 12.1 Å². The third-order valence-electron chi connectivity index (χ3n) is 3.59. The molecule has 0 aliphatic heterocycles. The average molecular weight is 317 g/mol. The molecule has 0 saturated heterocycles. The molecule has 1 aliphatic rings. The molecule has 5 nitrogen and oxygen atoms in total. The lowest BCUT2D eigenvalue weighted by atomic mass is 9.87. The highest BCUT2D eigenvalue weighted by Crippen LogP contribution is 2.27. The van der Waals surface area contributed by atoms with E-state index in [0.29, 0.717) is 12.8 Å². The molecular formula is C18H23NO4. The van der Waals surface area contributed by atoms with Gasteiger partial charge in [-0.2, -0.15) is 0 Å². The second kappa shape index (κ2) is 6.86. The van der Waals surface area contributed by atoms with Crippen LogP contribution in [0.25, 0.3) is 0 Å². The Bertz CT molecular complexity index is 641. The van der Waals surface area contributed by atoms with Gasteiger partial charge in [-0.15, -0.1) is 0 Å². The topological polar surface area (TPSA) is 64.6 Å². The molecule has 0 unspecified atom stereocenters. The number of carbonyl (C=O) groups is 2. The monoisotopic (exact) mass is 317 g/mol. The minimum atomic E-state index is -0.649. The Morgan fingerprint density at radius 3 is 2.35 bits per heavy atom. The average Bonchev–Trinajstić information content (AvgIpc) is 2.49. The van der Waals surface area contributed by atoms with E-state index in [4.69, 9.17) is 9.47 Å². The second-order valence-electron chi connectivity index (χ2n) is 6.54. The molecule has 0 saturated carbocycles. The molecular weight excluding hydrogens is 294 g/mol. The summed E-state index contributed by atoms with van der Waals surface area (Å²) in [6.07, 6.45) is 1.51. The van der Waals surface area contributed by atoms with E-state index < -0.39 is 17.7 Å². The Morgan fingerprint density at radius 1 is 1.09 bits per heavy atom. The Hall–Kier alpha value is -2.30. The van der Waals surface area contributed by atoms with Crippen molar-refractivity contribution in [1.29, 1.82) is 0 Å². The van der Waals surface area contributed by atoms with Crippen LogP contribution in [0.15, 0.2) is 35.5 Å².